The normalized spacial score (nSPS) is 13.7. The number of rotatable bonds is 8. The highest BCUT2D eigenvalue weighted by Gasteiger charge is 2.20. The summed E-state index contributed by atoms with van der Waals surface area (Å²) < 4.78 is 0. The van der Waals surface area contributed by atoms with Crippen molar-refractivity contribution in [3.8, 4) is 0 Å². The molecule has 2 amide bonds. The van der Waals surface area contributed by atoms with E-state index in [1.165, 1.54) is 19.3 Å². The highest BCUT2D eigenvalue weighted by molar-refractivity contribution is 5.89. The van der Waals surface area contributed by atoms with Gasteiger partial charge in [-0.1, -0.05) is 25.0 Å². The minimum atomic E-state index is -0.818. The lowest BCUT2D eigenvalue weighted by Crippen LogP contribution is -2.29. The zero-order chi connectivity index (χ0) is 15.1. The maximum atomic E-state index is 11.7. The van der Waals surface area contributed by atoms with Gasteiger partial charge in [0.15, 0.2) is 0 Å². The molecule has 0 unspecified atom stereocenters. The average molecular weight is 290 g/mol. The number of carboxylic acids is 1. The lowest BCUT2D eigenvalue weighted by molar-refractivity contribution is -0.136. The van der Waals surface area contributed by atoms with Gasteiger partial charge in [-0.15, -0.1) is 0 Å². The first-order valence-electron chi connectivity index (χ1n) is 7.49. The molecular formula is C16H22N2O3. The van der Waals surface area contributed by atoms with E-state index < -0.39 is 5.97 Å². The molecule has 3 N–H and O–H groups in total. The molecule has 1 aromatic carbocycles. The van der Waals surface area contributed by atoms with E-state index in [4.69, 9.17) is 5.11 Å². The summed E-state index contributed by atoms with van der Waals surface area (Å²) in [7, 11) is 0. The third-order valence-corrected chi connectivity index (χ3v) is 3.58. The molecule has 114 valence electrons. The third kappa shape index (κ3) is 6.29. The van der Waals surface area contributed by atoms with Crippen LogP contribution in [0.1, 0.15) is 37.7 Å². The lowest BCUT2D eigenvalue weighted by Gasteiger charge is -2.08. The van der Waals surface area contributed by atoms with Gasteiger partial charge in [0.1, 0.15) is 0 Å². The average Bonchev–Trinajstić information content (AvgIpc) is 3.26. The van der Waals surface area contributed by atoms with Crippen molar-refractivity contribution in [3.05, 3.63) is 29.8 Å². The number of hydrogen-bond acceptors (Lipinski definition) is 2. The van der Waals surface area contributed by atoms with Gasteiger partial charge in [0.05, 0.1) is 0 Å². The predicted octanol–water partition coefficient (Wildman–Crippen LogP) is 3.02. The Bertz CT molecular complexity index is 498. The van der Waals surface area contributed by atoms with Crippen LogP contribution in [0.2, 0.25) is 0 Å². The number of carbonyl (C=O) groups excluding carboxylic acids is 1. The van der Waals surface area contributed by atoms with Crippen molar-refractivity contribution in [2.75, 3.05) is 11.9 Å². The fraction of sp³-hybridized carbons (Fsp3) is 0.500. The van der Waals surface area contributed by atoms with Crippen LogP contribution in [0.25, 0.3) is 0 Å². The van der Waals surface area contributed by atoms with E-state index in [1.807, 2.05) is 18.2 Å². The summed E-state index contributed by atoms with van der Waals surface area (Å²) in [5.41, 5.74) is 1.60. The van der Waals surface area contributed by atoms with Gasteiger partial charge in [0.25, 0.3) is 0 Å². The minimum Gasteiger partial charge on any atom is -0.481 e. The van der Waals surface area contributed by atoms with Crippen LogP contribution >= 0.6 is 0 Å². The molecule has 1 aliphatic carbocycles. The van der Waals surface area contributed by atoms with Crippen LogP contribution in [0, 0.1) is 5.92 Å². The summed E-state index contributed by atoms with van der Waals surface area (Å²) in [6, 6.07) is 7.09. The molecule has 0 heterocycles. The molecule has 1 aromatic rings. The number of benzene rings is 1. The first kappa shape index (κ1) is 15.4. The molecule has 0 radical (unpaired) electrons. The number of aliphatic carboxylic acids is 1. The Morgan fingerprint density at radius 1 is 1.29 bits per heavy atom. The Labute approximate surface area is 124 Å². The molecule has 0 bridgehead atoms. The molecule has 0 spiro atoms. The van der Waals surface area contributed by atoms with Gasteiger partial charge in [-0.25, -0.2) is 4.79 Å². The van der Waals surface area contributed by atoms with Gasteiger partial charge in [-0.05, 0) is 42.9 Å². The standard InChI is InChI=1S/C16H22N2O3/c19-15(20)9-8-13-3-1-5-14(11-13)18-16(21)17-10-2-4-12-6-7-12/h1,3,5,11-12H,2,4,6-10H2,(H,19,20)(H2,17,18,21). The van der Waals surface area contributed by atoms with Gasteiger partial charge in [-0.3, -0.25) is 4.79 Å². The molecule has 1 aliphatic rings. The van der Waals surface area contributed by atoms with Crippen molar-refractivity contribution in [1.82, 2.24) is 5.32 Å². The monoisotopic (exact) mass is 290 g/mol. The van der Waals surface area contributed by atoms with Gasteiger partial charge < -0.3 is 15.7 Å². The van der Waals surface area contributed by atoms with Crippen LogP contribution in [-0.4, -0.2) is 23.7 Å². The largest absolute Gasteiger partial charge is 0.481 e. The number of amides is 2. The first-order valence-corrected chi connectivity index (χ1v) is 7.49. The molecule has 0 atom stereocenters. The molecule has 2 rings (SSSR count). The molecule has 1 fully saturated rings. The van der Waals surface area contributed by atoms with E-state index in [-0.39, 0.29) is 12.5 Å². The number of urea groups is 1. The van der Waals surface area contributed by atoms with E-state index in [2.05, 4.69) is 10.6 Å². The lowest BCUT2D eigenvalue weighted by atomic mass is 10.1. The van der Waals surface area contributed by atoms with Crippen LogP contribution < -0.4 is 10.6 Å². The smallest absolute Gasteiger partial charge is 0.319 e. The van der Waals surface area contributed by atoms with Crippen molar-refractivity contribution in [2.45, 2.75) is 38.5 Å². The van der Waals surface area contributed by atoms with Crippen LogP contribution in [-0.2, 0) is 11.2 Å². The van der Waals surface area contributed by atoms with Crippen molar-refractivity contribution >= 4 is 17.7 Å². The van der Waals surface area contributed by atoms with Crippen LogP contribution in [0.4, 0.5) is 10.5 Å². The van der Waals surface area contributed by atoms with Crippen molar-refractivity contribution in [1.29, 1.82) is 0 Å². The van der Waals surface area contributed by atoms with E-state index in [9.17, 15) is 9.59 Å². The van der Waals surface area contributed by atoms with Gasteiger partial charge in [0, 0.05) is 18.7 Å². The summed E-state index contributed by atoms with van der Waals surface area (Å²) in [4.78, 5) is 22.3. The van der Waals surface area contributed by atoms with E-state index in [0.717, 1.165) is 17.9 Å². The highest BCUT2D eigenvalue weighted by Crippen LogP contribution is 2.33. The summed E-state index contributed by atoms with van der Waals surface area (Å²) >= 11 is 0. The fourth-order valence-corrected chi connectivity index (χ4v) is 2.23. The summed E-state index contributed by atoms with van der Waals surface area (Å²) in [6.45, 7) is 0.695. The number of hydrogen-bond donors (Lipinski definition) is 3. The molecule has 21 heavy (non-hydrogen) atoms. The second kappa shape index (κ2) is 7.67. The fourth-order valence-electron chi connectivity index (χ4n) is 2.23. The predicted molar refractivity (Wildman–Crippen MR) is 81.4 cm³/mol. The van der Waals surface area contributed by atoms with Gasteiger partial charge in [-0.2, -0.15) is 0 Å². The second-order valence-corrected chi connectivity index (χ2v) is 5.56. The summed E-state index contributed by atoms with van der Waals surface area (Å²) in [6.07, 6.45) is 5.47. The second-order valence-electron chi connectivity index (χ2n) is 5.56. The Kier molecular flexibility index (Phi) is 5.60. The molecule has 5 nitrogen and oxygen atoms in total. The molecule has 0 aromatic heterocycles. The molecular weight excluding hydrogens is 268 g/mol. The van der Waals surface area contributed by atoms with E-state index in [1.54, 1.807) is 6.07 Å². The van der Waals surface area contributed by atoms with Crippen LogP contribution in [0.5, 0.6) is 0 Å². The number of carbonyl (C=O) groups is 2. The number of carboxylic acid groups (broad SMARTS) is 1. The number of aryl methyl sites for hydroxylation is 1. The molecule has 0 aliphatic heterocycles. The topological polar surface area (TPSA) is 78.4 Å². The zero-order valence-electron chi connectivity index (χ0n) is 12.1. The van der Waals surface area contributed by atoms with E-state index >= 15 is 0 Å². The summed E-state index contributed by atoms with van der Waals surface area (Å²) in [5.74, 6) is 0.0718. The quantitative estimate of drug-likeness (QED) is 0.644. The molecule has 1 saturated carbocycles. The van der Waals surface area contributed by atoms with Gasteiger partial charge >= 0.3 is 12.0 Å². The Morgan fingerprint density at radius 3 is 2.81 bits per heavy atom. The van der Waals surface area contributed by atoms with Crippen molar-refractivity contribution < 1.29 is 14.7 Å². The maximum absolute atomic E-state index is 11.7. The number of anilines is 1. The number of nitrogens with one attached hydrogen (secondary N) is 2. The summed E-state index contributed by atoms with van der Waals surface area (Å²) in [5, 5.41) is 14.3. The Morgan fingerprint density at radius 2 is 2.10 bits per heavy atom. The minimum absolute atomic E-state index is 0.0941. The molecule has 5 heteroatoms. The maximum Gasteiger partial charge on any atom is 0.319 e. The van der Waals surface area contributed by atoms with E-state index in [0.29, 0.717) is 18.7 Å². The van der Waals surface area contributed by atoms with Gasteiger partial charge in [0.2, 0.25) is 0 Å². The van der Waals surface area contributed by atoms with Crippen molar-refractivity contribution in [3.63, 3.8) is 0 Å². The SMILES string of the molecule is O=C(O)CCc1cccc(NC(=O)NCCCC2CC2)c1. The first-order chi connectivity index (χ1) is 10.1. The Balaban J connectivity index is 1.71. The third-order valence-electron chi connectivity index (χ3n) is 3.58. The highest BCUT2D eigenvalue weighted by atomic mass is 16.4. The Hall–Kier alpha value is -2.04. The van der Waals surface area contributed by atoms with Crippen molar-refractivity contribution in [2.24, 2.45) is 5.92 Å². The molecule has 0 saturated heterocycles. The zero-order valence-corrected chi connectivity index (χ0v) is 12.1. The van der Waals surface area contributed by atoms with Crippen LogP contribution in [0.15, 0.2) is 24.3 Å². The van der Waals surface area contributed by atoms with Crippen LogP contribution in [0.3, 0.4) is 0 Å².